The lowest BCUT2D eigenvalue weighted by atomic mass is 10.1. The Morgan fingerprint density at radius 2 is 2.23 bits per heavy atom. The largest absolute Gasteiger partial charge is 0.280 e. The quantitative estimate of drug-likeness (QED) is 0.747. The molecule has 0 spiro atoms. The van der Waals surface area contributed by atoms with Gasteiger partial charge in [-0.05, 0) is 35.1 Å². The van der Waals surface area contributed by atoms with Crippen LogP contribution < -0.4 is 0 Å². The standard InChI is InChI=1S/C8H5F2IN2/c1-4-5(2-12)6(11)3-13-7(4)8(9)10/h3,8H,1H3. The maximum absolute atomic E-state index is 12.3. The Morgan fingerprint density at radius 1 is 1.62 bits per heavy atom. The predicted octanol–water partition coefficient (Wildman–Crippen LogP) is 2.80. The van der Waals surface area contributed by atoms with E-state index in [4.69, 9.17) is 5.26 Å². The molecule has 0 radical (unpaired) electrons. The van der Waals surface area contributed by atoms with Crippen molar-refractivity contribution >= 4 is 22.6 Å². The zero-order chi connectivity index (χ0) is 10.0. The molecule has 0 atom stereocenters. The first-order valence-electron chi connectivity index (χ1n) is 3.41. The van der Waals surface area contributed by atoms with Gasteiger partial charge in [0.05, 0.1) is 5.56 Å². The Balaban J connectivity index is 3.38. The van der Waals surface area contributed by atoms with Gasteiger partial charge in [0, 0.05) is 9.77 Å². The van der Waals surface area contributed by atoms with Crippen molar-refractivity contribution in [3.8, 4) is 6.07 Å². The molecule has 1 rings (SSSR count). The molecule has 0 saturated carbocycles. The molecule has 13 heavy (non-hydrogen) atoms. The minimum Gasteiger partial charge on any atom is -0.254 e. The van der Waals surface area contributed by atoms with Gasteiger partial charge < -0.3 is 0 Å². The second-order valence-corrected chi connectivity index (χ2v) is 3.57. The molecular weight excluding hydrogens is 289 g/mol. The van der Waals surface area contributed by atoms with E-state index in [0.717, 1.165) is 0 Å². The highest BCUT2D eigenvalue weighted by atomic mass is 127. The van der Waals surface area contributed by atoms with Gasteiger partial charge in [0.15, 0.2) is 0 Å². The molecule has 0 aliphatic carbocycles. The summed E-state index contributed by atoms with van der Waals surface area (Å²) in [5, 5.41) is 8.68. The topological polar surface area (TPSA) is 36.7 Å². The molecule has 0 fully saturated rings. The van der Waals surface area contributed by atoms with Crippen molar-refractivity contribution in [1.82, 2.24) is 4.98 Å². The third-order valence-electron chi connectivity index (χ3n) is 1.63. The van der Waals surface area contributed by atoms with Crippen LogP contribution in [0.3, 0.4) is 0 Å². The number of nitriles is 1. The summed E-state index contributed by atoms with van der Waals surface area (Å²) in [6.07, 6.45) is -1.34. The summed E-state index contributed by atoms with van der Waals surface area (Å²) < 4.78 is 25.2. The third-order valence-corrected chi connectivity index (χ3v) is 2.45. The molecule has 68 valence electrons. The molecule has 1 heterocycles. The fourth-order valence-corrected chi connectivity index (χ4v) is 1.62. The molecule has 0 aliphatic heterocycles. The van der Waals surface area contributed by atoms with Crippen LogP contribution in [0.4, 0.5) is 8.78 Å². The van der Waals surface area contributed by atoms with Gasteiger partial charge in [-0.25, -0.2) is 8.78 Å². The maximum atomic E-state index is 12.3. The molecule has 0 aromatic carbocycles. The van der Waals surface area contributed by atoms with Crippen molar-refractivity contribution in [1.29, 1.82) is 5.26 Å². The van der Waals surface area contributed by atoms with E-state index in [1.807, 2.05) is 28.7 Å². The van der Waals surface area contributed by atoms with Gasteiger partial charge in [-0.15, -0.1) is 0 Å². The average Bonchev–Trinajstić information content (AvgIpc) is 2.04. The summed E-state index contributed by atoms with van der Waals surface area (Å²) in [5.41, 5.74) is 0.243. The van der Waals surface area contributed by atoms with Crippen molar-refractivity contribution in [2.45, 2.75) is 13.3 Å². The number of hydrogen-bond acceptors (Lipinski definition) is 2. The van der Waals surface area contributed by atoms with Crippen LogP contribution in [0, 0.1) is 21.8 Å². The van der Waals surface area contributed by atoms with Crippen molar-refractivity contribution in [2.24, 2.45) is 0 Å². The summed E-state index contributed by atoms with van der Waals surface area (Å²) in [7, 11) is 0. The SMILES string of the molecule is Cc1c(C(F)F)ncc(I)c1C#N. The van der Waals surface area contributed by atoms with Gasteiger partial charge >= 0.3 is 0 Å². The van der Waals surface area contributed by atoms with Crippen LogP contribution in [-0.2, 0) is 0 Å². The molecular formula is C8H5F2IN2. The molecule has 0 saturated heterocycles. The van der Waals surface area contributed by atoms with Gasteiger partial charge in [-0.3, -0.25) is 4.98 Å². The Bertz CT molecular complexity index is 371. The summed E-state index contributed by atoms with van der Waals surface area (Å²) in [5.74, 6) is 0. The summed E-state index contributed by atoms with van der Waals surface area (Å²) in [6.45, 7) is 1.48. The van der Waals surface area contributed by atoms with Crippen molar-refractivity contribution < 1.29 is 8.78 Å². The van der Waals surface area contributed by atoms with Crippen LogP contribution in [0.5, 0.6) is 0 Å². The van der Waals surface area contributed by atoms with E-state index >= 15 is 0 Å². The zero-order valence-electron chi connectivity index (χ0n) is 6.68. The smallest absolute Gasteiger partial charge is 0.254 e. The minimum absolute atomic E-state index is 0.268. The lowest BCUT2D eigenvalue weighted by Gasteiger charge is -2.05. The predicted molar refractivity (Wildman–Crippen MR) is 51.4 cm³/mol. The van der Waals surface area contributed by atoms with E-state index in [1.165, 1.54) is 13.1 Å². The van der Waals surface area contributed by atoms with Gasteiger partial charge in [0.1, 0.15) is 11.8 Å². The Hall–Kier alpha value is -0.770. The monoisotopic (exact) mass is 294 g/mol. The molecule has 0 N–H and O–H groups in total. The lowest BCUT2D eigenvalue weighted by molar-refractivity contribution is 0.145. The third kappa shape index (κ3) is 1.94. The van der Waals surface area contributed by atoms with Crippen LogP contribution in [0.25, 0.3) is 0 Å². The molecule has 5 heteroatoms. The Morgan fingerprint density at radius 3 is 2.69 bits per heavy atom. The first-order valence-corrected chi connectivity index (χ1v) is 4.49. The number of aromatic nitrogens is 1. The summed E-state index contributed by atoms with van der Waals surface area (Å²) >= 11 is 1.90. The van der Waals surface area contributed by atoms with Gasteiger partial charge in [-0.2, -0.15) is 5.26 Å². The Labute approximate surface area is 87.7 Å². The molecule has 2 nitrogen and oxygen atoms in total. The van der Waals surface area contributed by atoms with Crippen LogP contribution in [0.15, 0.2) is 6.20 Å². The van der Waals surface area contributed by atoms with Gasteiger partial charge in [0.2, 0.25) is 0 Å². The number of halogens is 3. The first-order chi connectivity index (χ1) is 6.07. The summed E-state index contributed by atoms with van der Waals surface area (Å²) in [6, 6.07) is 1.88. The zero-order valence-corrected chi connectivity index (χ0v) is 8.84. The van der Waals surface area contributed by atoms with Gasteiger partial charge in [0.25, 0.3) is 6.43 Å². The van der Waals surface area contributed by atoms with Crippen molar-refractivity contribution in [3.63, 3.8) is 0 Å². The molecule has 0 bridgehead atoms. The lowest BCUT2D eigenvalue weighted by Crippen LogP contribution is -1.99. The van der Waals surface area contributed by atoms with Crippen LogP contribution in [0.1, 0.15) is 23.2 Å². The van der Waals surface area contributed by atoms with E-state index < -0.39 is 6.43 Å². The van der Waals surface area contributed by atoms with E-state index in [2.05, 4.69) is 4.98 Å². The van der Waals surface area contributed by atoms with Crippen LogP contribution in [0.2, 0.25) is 0 Å². The molecule has 0 amide bonds. The first kappa shape index (κ1) is 10.3. The van der Waals surface area contributed by atoms with Crippen molar-refractivity contribution in [3.05, 3.63) is 26.6 Å². The van der Waals surface area contributed by atoms with E-state index in [9.17, 15) is 8.78 Å². The fourth-order valence-electron chi connectivity index (χ4n) is 0.952. The second kappa shape index (κ2) is 3.96. The average molecular weight is 294 g/mol. The van der Waals surface area contributed by atoms with E-state index in [-0.39, 0.29) is 16.8 Å². The summed E-state index contributed by atoms with van der Waals surface area (Å²) in [4.78, 5) is 3.58. The molecule has 0 unspecified atom stereocenters. The highest BCUT2D eigenvalue weighted by Gasteiger charge is 2.16. The number of nitrogens with zero attached hydrogens (tertiary/aromatic N) is 2. The molecule has 1 aromatic heterocycles. The number of pyridine rings is 1. The number of rotatable bonds is 1. The highest BCUT2D eigenvalue weighted by Crippen LogP contribution is 2.24. The molecule has 0 aliphatic rings. The normalized spacial score (nSPS) is 10.2. The van der Waals surface area contributed by atoms with Crippen molar-refractivity contribution in [2.75, 3.05) is 0 Å². The maximum Gasteiger partial charge on any atom is 0.280 e. The minimum atomic E-state index is -2.62. The molecule has 1 aromatic rings. The van der Waals surface area contributed by atoms with Crippen LogP contribution in [-0.4, -0.2) is 4.98 Å². The van der Waals surface area contributed by atoms with E-state index in [0.29, 0.717) is 3.57 Å². The highest BCUT2D eigenvalue weighted by molar-refractivity contribution is 14.1. The van der Waals surface area contributed by atoms with Crippen LogP contribution >= 0.6 is 22.6 Å². The fraction of sp³-hybridized carbons (Fsp3) is 0.250. The second-order valence-electron chi connectivity index (χ2n) is 2.40. The number of hydrogen-bond donors (Lipinski definition) is 0. The van der Waals surface area contributed by atoms with E-state index in [1.54, 1.807) is 0 Å². The Kier molecular flexibility index (Phi) is 3.14. The van der Waals surface area contributed by atoms with Gasteiger partial charge in [-0.1, -0.05) is 0 Å². The number of alkyl halides is 2.